The zero-order valence-electron chi connectivity index (χ0n) is 66.0. The molecule has 566 valence electrons. The van der Waals surface area contributed by atoms with Gasteiger partial charge in [0.05, 0.1) is 49.7 Å². The van der Waals surface area contributed by atoms with Gasteiger partial charge in [0.15, 0.2) is 0 Å². The van der Waals surface area contributed by atoms with Crippen LogP contribution in [-0.2, 0) is 5.41 Å². The fourth-order valence-electron chi connectivity index (χ4n) is 19.7. The zero-order valence-corrected chi connectivity index (χ0v) is 66.0. The van der Waals surface area contributed by atoms with E-state index in [1.807, 2.05) is 0 Å². The lowest BCUT2D eigenvalue weighted by Gasteiger charge is -2.22. The maximum atomic E-state index is 2.48. The summed E-state index contributed by atoms with van der Waals surface area (Å²) in [5.41, 5.74) is 37.6. The second-order valence-electron chi connectivity index (χ2n) is 32.1. The first kappa shape index (κ1) is 68.6. The van der Waals surface area contributed by atoms with Crippen LogP contribution in [0.25, 0.3) is 194 Å². The van der Waals surface area contributed by atoms with Crippen LogP contribution in [0.3, 0.4) is 0 Å². The van der Waals surface area contributed by atoms with Crippen LogP contribution in [-0.4, -0.2) is 40.6 Å². The van der Waals surface area contributed by atoms with E-state index < -0.39 is 0 Å². The summed E-state index contributed by atoms with van der Waals surface area (Å²) < 4.78 is 21.7. The van der Waals surface area contributed by atoms with Crippen molar-refractivity contribution >= 4 is 116 Å². The summed E-state index contributed by atoms with van der Waals surface area (Å²) in [6.07, 6.45) is 0. The van der Waals surface area contributed by atoms with E-state index in [1.165, 1.54) is 177 Å². The predicted octanol–water partition coefficient (Wildman–Crippen LogP) is 28.2. The van der Waals surface area contributed by atoms with Gasteiger partial charge in [0.1, 0.15) is 33.9 Å². The van der Waals surface area contributed by atoms with Gasteiger partial charge in [-0.05, 0) is 201 Å². The number of para-hydroxylation sites is 11. The highest BCUT2D eigenvalue weighted by atomic mass is 15.2. The van der Waals surface area contributed by atoms with Crippen molar-refractivity contribution in [2.75, 3.05) is 0 Å². The summed E-state index contributed by atoms with van der Waals surface area (Å²) in [4.78, 5) is 0. The first-order valence-electron chi connectivity index (χ1n) is 41.3. The first-order chi connectivity index (χ1) is 59.4. The largest absolute Gasteiger partial charge is 0.295 e. The lowest BCUT2D eigenvalue weighted by atomic mass is 9.82. The lowest BCUT2D eigenvalue weighted by Crippen LogP contribution is -2.15. The van der Waals surface area contributed by atoms with Gasteiger partial charge in [-0.2, -0.15) is 0 Å². The normalized spacial score (nSPS) is 12.5. The minimum Gasteiger partial charge on any atom is -0.295 e. The van der Waals surface area contributed by atoms with Gasteiger partial charge in [0, 0.05) is 71.9 Å². The number of rotatable bonds is 9. The minimum atomic E-state index is -0.0690. The number of benzene rings is 16. The number of nitrogens with zero attached hydrogens (tertiary/aromatic N) is 9. The Morgan fingerprint density at radius 3 is 0.783 bits per heavy atom. The molecule has 9 heteroatoms. The quantitative estimate of drug-likeness (QED) is 0.138. The highest BCUT2D eigenvalue weighted by molar-refractivity contribution is 6.15. The fourth-order valence-corrected chi connectivity index (χ4v) is 19.7. The van der Waals surface area contributed by atoms with Gasteiger partial charge in [-0.1, -0.05) is 299 Å². The number of hydrogen-bond acceptors (Lipinski definition) is 0. The molecular formula is C111H77N9. The lowest BCUT2D eigenvalue weighted by molar-refractivity contribution is 0.660. The molecule has 0 aliphatic heterocycles. The fraction of sp³-hybridized carbons (Fsp3) is 0.0270. The minimum absolute atomic E-state index is 0.0690. The van der Waals surface area contributed by atoms with Crippen LogP contribution in [0, 0.1) is 0 Å². The van der Waals surface area contributed by atoms with E-state index in [2.05, 4.69) is 485 Å². The summed E-state index contributed by atoms with van der Waals surface area (Å²) in [5, 5.41) is 7.56. The van der Waals surface area contributed by atoms with Crippen molar-refractivity contribution in [1.29, 1.82) is 0 Å². The molecule has 0 amide bonds. The molecule has 0 N–H and O–H groups in total. The smallest absolute Gasteiger partial charge is 0.132 e. The Morgan fingerprint density at radius 1 is 0.167 bits per heavy atom. The highest BCUT2D eigenvalue weighted by Crippen LogP contribution is 2.51. The molecule has 26 rings (SSSR count). The van der Waals surface area contributed by atoms with Crippen LogP contribution in [0.5, 0.6) is 0 Å². The molecule has 0 spiro atoms. The van der Waals surface area contributed by atoms with E-state index >= 15 is 0 Å². The average Bonchev–Trinajstić information content (AvgIpc) is 1.54. The number of fused-ring (bicyclic) bond motifs is 24. The van der Waals surface area contributed by atoms with Crippen LogP contribution >= 0.6 is 0 Å². The van der Waals surface area contributed by atoms with Gasteiger partial charge in [-0.25, -0.2) is 0 Å². The molecule has 0 atom stereocenters. The Bertz CT molecular complexity index is 8310. The summed E-state index contributed by atoms with van der Waals surface area (Å²) in [7, 11) is 0. The monoisotopic (exact) mass is 1540 g/mol. The molecule has 120 heavy (non-hydrogen) atoms. The molecule has 0 saturated heterocycles. The first-order valence-corrected chi connectivity index (χ1v) is 41.3. The summed E-state index contributed by atoms with van der Waals surface area (Å²) in [5.74, 6) is 0. The zero-order chi connectivity index (χ0) is 79.3. The molecule has 0 radical (unpaired) electrons. The van der Waals surface area contributed by atoms with E-state index in [0.717, 1.165) is 28.4 Å². The van der Waals surface area contributed by atoms with Gasteiger partial charge < -0.3 is 0 Å². The van der Waals surface area contributed by atoms with Crippen molar-refractivity contribution < 1.29 is 0 Å². The van der Waals surface area contributed by atoms with Crippen LogP contribution in [0.2, 0.25) is 0 Å². The van der Waals surface area contributed by atoms with Crippen molar-refractivity contribution in [3.05, 3.63) is 442 Å². The molecule has 0 fully saturated rings. The second kappa shape index (κ2) is 27.1. The van der Waals surface area contributed by atoms with Crippen LogP contribution in [0.4, 0.5) is 0 Å². The van der Waals surface area contributed by atoms with Gasteiger partial charge in [0.25, 0.3) is 0 Å². The highest BCUT2D eigenvalue weighted by Gasteiger charge is 2.36. The second-order valence-corrected chi connectivity index (χ2v) is 32.1. The molecule has 0 saturated carbocycles. The van der Waals surface area contributed by atoms with Gasteiger partial charge >= 0.3 is 0 Å². The summed E-state index contributed by atoms with van der Waals surface area (Å²) in [6, 6.07) is 155. The molecule has 1 aliphatic carbocycles. The molecule has 9 aromatic heterocycles. The summed E-state index contributed by atoms with van der Waals surface area (Å²) in [6.45, 7) is 4.72. The van der Waals surface area contributed by atoms with Crippen molar-refractivity contribution in [2.24, 2.45) is 0 Å². The van der Waals surface area contributed by atoms with E-state index in [9.17, 15) is 0 Å². The Morgan fingerprint density at radius 2 is 0.417 bits per heavy atom. The third-order valence-corrected chi connectivity index (χ3v) is 25.1. The maximum Gasteiger partial charge on any atom is 0.132 e. The van der Waals surface area contributed by atoms with Gasteiger partial charge in [-0.15, -0.1) is 0 Å². The SMILES string of the molecule is CC1(C)c2ccccc2-c2ccc(-n3c4ccccc4c4cc5n(-c6ccc(-c7ccccc7)cc6)c6ccccc6n5c43)cc21.c1ccc(-c2ccc(-n3c4ccccc4n4c3cc3c5ccccc5n(-c5ccc(-c6ccccc6)cc5)c34)cc2)cc1.c1ccc(-n2c3ccccc3n3c2cc2c4ccccc4n(-c4ccccc4)c23)cc1. The van der Waals surface area contributed by atoms with Crippen molar-refractivity contribution in [3.63, 3.8) is 0 Å². The molecule has 25 aromatic rings. The van der Waals surface area contributed by atoms with E-state index in [1.54, 1.807) is 0 Å². The van der Waals surface area contributed by atoms with E-state index in [0.29, 0.717) is 0 Å². The van der Waals surface area contributed by atoms with E-state index in [4.69, 9.17) is 0 Å². The topological polar surface area (TPSA) is 42.8 Å². The van der Waals surface area contributed by atoms with E-state index in [-0.39, 0.29) is 5.41 Å². The Hall–Kier alpha value is -15.8. The molecule has 9 nitrogen and oxygen atoms in total. The maximum absolute atomic E-state index is 2.48. The Balaban J connectivity index is 0.000000104. The number of hydrogen-bond donors (Lipinski definition) is 0. The average molecular weight is 1540 g/mol. The molecule has 9 heterocycles. The van der Waals surface area contributed by atoms with Crippen LogP contribution in [0.15, 0.2) is 431 Å². The molecule has 0 bridgehead atoms. The van der Waals surface area contributed by atoms with Crippen LogP contribution in [0.1, 0.15) is 25.0 Å². The third kappa shape index (κ3) is 10.5. The standard InChI is InChI=1S/C43H31N3.C40H27N3.C28H19N3/c1-43(2)36-16-8-6-14-32(36)33-25-24-31(26-37(33)43)45-38-17-9-7-15-34(38)35-27-41-44(39-18-10-11-19-40(39)46(41)42(35)45)30-22-20-29(21-23-30)28-12-4-3-5-13-28;1-3-11-28(12-4-1)30-19-23-32(24-20-30)41-37-17-9-10-18-38(37)43-39(41)27-35-34-15-7-8-16-36(34)42(40(35)43)33-25-21-31(22-26-33)29-13-5-2-6-14-29;1-3-11-20(12-4-1)29-25-17-9-10-18-26(25)31-27(29)19-23-22-15-7-8-16-24(22)30(28(23)31)21-13-5-2-6-14-21/h3-27H,1-2H3;1-27H;1-19H. The molecule has 0 unspecified atom stereocenters. The predicted molar refractivity (Wildman–Crippen MR) is 500 cm³/mol. The van der Waals surface area contributed by atoms with Crippen molar-refractivity contribution in [1.82, 2.24) is 40.6 Å². The number of imidazole rings is 3. The van der Waals surface area contributed by atoms with Crippen molar-refractivity contribution in [3.8, 4) is 78.6 Å². The van der Waals surface area contributed by atoms with Crippen molar-refractivity contribution in [2.45, 2.75) is 19.3 Å². The van der Waals surface area contributed by atoms with Crippen LogP contribution < -0.4 is 0 Å². The molecule has 16 aromatic carbocycles. The van der Waals surface area contributed by atoms with Gasteiger partial charge in [0.2, 0.25) is 0 Å². The Kier molecular flexibility index (Phi) is 15.5. The number of aromatic nitrogens is 9. The summed E-state index contributed by atoms with van der Waals surface area (Å²) >= 11 is 0. The third-order valence-electron chi connectivity index (χ3n) is 25.1. The Labute approximate surface area is 691 Å². The molecular weight excluding hydrogens is 1460 g/mol. The van der Waals surface area contributed by atoms with Gasteiger partial charge in [-0.3, -0.25) is 40.6 Å². The molecule has 1 aliphatic rings.